The molecule has 42 heavy (non-hydrogen) atoms. The minimum absolute atomic E-state index is 0.255. The Morgan fingerprint density at radius 2 is 1.48 bits per heavy atom. The normalized spacial score (nSPS) is 15.2. The van der Waals surface area contributed by atoms with Gasteiger partial charge in [0.05, 0.1) is 25.4 Å². The molecule has 5 rings (SSSR count). The van der Waals surface area contributed by atoms with Gasteiger partial charge in [-0.15, -0.1) is 0 Å². The number of aliphatic hydroxyl groups is 1. The second-order valence-corrected chi connectivity index (χ2v) is 11.2. The van der Waals surface area contributed by atoms with Crippen molar-refractivity contribution in [1.29, 1.82) is 0 Å². The van der Waals surface area contributed by atoms with E-state index < -0.39 is 11.6 Å². The van der Waals surface area contributed by atoms with E-state index in [1.54, 1.807) is 36.4 Å². The van der Waals surface area contributed by atoms with Gasteiger partial charge in [0.25, 0.3) is 0 Å². The van der Waals surface area contributed by atoms with Gasteiger partial charge < -0.3 is 19.7 Å². The maximum atomic E-state index is 12.2. The highest BCUT2D eigenvalue weighted by Gasteiger charge is 2.33. The van der Waals surface area contributed by atoms with E-state index in [9.17, 15) is 9.90 Å². The van der Waals surface area contributed by atoms with Crippen LogP contribution in [0.25, 0.3) is 11.1 Å². The Kier molecular flexibility index (Phi) is 9.83. The van der Waals surface area contributed by atoms with E-state index >= 15 is 0 Å². The third kappa shape index (κ3) is 7.33. The lowest BCUT2D eigenvalue weighted by Crippen LogP contribution is -2.40. The number of morpholine rings is 1. The smallest absolute Gasteiger partial charge is 0.335 e. The third-order valence-electron chi connectivity index (χ3n) is 7.70. The van der Waals surface area contributed by atoms with E-state index in [2.05, 4.69) is 4.90 Å². The van der Waals surface area contributed by atoms with Gasteiger partial charge in [0.1, 0.15) is 11.4 Å². The zero-order valence-electron chi connectivity index (χ0n) is 23.1. The van der Waals surface area contributed by atoms with Crippen molar-refractivity contribution in [3.05, 3.63) is 123 Å². The molecule has 0 saturated carbocycles. The largest absolute Gasteiger partial charge is 0.493 e. The number of hydrogen-bond acceptors (Lipinski definition) is 5. The first-order valence-electron chi connectivity index (χ1n) is 14.0. The van der Waals surface area contributed by atoms with E-state index in [1.165, 1.54) is 0 Å². The molecule has 0 aromatic heterocycles. The lowest BCUT2D eigenvalue weighted by molar-refractivity contribution is 0.0143. The fraction of sp³-hybridized carbons (Fsp3) is 0.265. The number of benzene rings is 4. The summed E-state index contributed by atoms with van der Waals surface area (Å²) in [5.74, 6) is -0.227. The first kappa shape index (κ1) is 30.1. The number of halogens is 2. The molecule has 0 spiro atoms. The quantitative estimate of drug-likeness (QED) is 0.193. The molecule has 8 heteroatoms. The van der Waals surface area contributed by atoms with E-state index in [4.69, 9.17) is 37.8 Å². The molecule has 6 nitrogen and oxygen atoms in total. The first-order chi connectivity index (χ1) is 20.3. The van der Waals surface area contributed by atoms with Crippen molar-refractivity contribution in [2.75, 3.05) is 39.5 Å². The fourth-order valence-electron chi connectivity index (χ4n) is 5.18. The third-order valence-corrected chi connectivity index (χ3v) is 8.32. The molecule has 1 atom stereocenters. The van der Waals surface area contributed by atoms with Crippen LogP contribution in [0.5, 0.6) is 5.75 Å². The molecule has 0 aliphatic carbocycles. The number of hydrogen-bond donors (Lipinski definition) is 2. The second-order valence-electron chi connectivity index (χ2n) is 10.4. The molecular weight excluding hydrogens is 573 g/mol. The molecular formula is C34H33Cl2NO5. The minimum Gasteiger partial charge on any atom is -0.493 e. The number of carboxylic acids is 1. The molecule has 4 aromatic carbocycles. The number of ether oxygens (including phenoxy) is 2. The predicted molar refractivity (Wildman–Crippen MR) is 166 cm³/mol. The van der Waals surface area contributed by atoms with Gasteiger partial charge in [0, 0.05) is 36.1 Å². The summed E-state index contributed by atoms with van der Waals surface area (Å²) < 4.78 is 11.5. The Balaban J connectivity index is 1.27. The molecule has 1 saturated heterocycles. The molecule has 1 fully saturated rings. The number of aromatic carboxylic acids is 1. The maximum absolute atomic E-state index is 12.2. The van der Waals surface area contributed by atoms with Crippen LogP contribution in [0.1, 0.15) is 33.5 Å². The van der Waals surface area contributed by atoms with Crippen LogP contribution in [-0.4, -0.2) is 60.5 Å². The Labute approximate surface area is 256 Å². The average Bonchev–Trinajstić information content (AvgIpc) is 3.02. The Hall–Kier alpha value is -3.39. The zero-order chi connectivity index (χ0) is 29.5. The summed E-state index contributed by atoms with van der Waals surface area (Å²) in [6, 6.07) is 27.5. The highest BCUT2D eigenvalue weighted by atomic mass is 35.5. The minimum atomic E-state index is -1.22. The van der Waals surface area contributed by atoms with Crippen LogP contribution in [0.4, 0.5) is 0 Å². The average molecular weight is 607 g/mol. The van der Waals surface area contributed by atoms with Crippen molar-refractivity contribution in [2.24, 2.45) is 0 Å². The highest BCUT2D eigenvalue weighted by molar-refractivity contribution is 6.31. The summed E-state index contributed by atoms with van der Waals surface area (Å²) in [6.45, 7) is 4.22. The van der Waals surface area contributed by atoms with Crippen LogP contribution in [0.15, 0.2) is 91.0 Å². The molecule has 0 bridgehead atoms. The molecule has 0 radical (unpaired) electrons. The highest BCUT2D eigenvalue weighted by Crippen LogP contribution is 2.36. The van der Waals surface area contributed by atoms with E-state index in [0.29, 0.717) is 42.7 Å². The monoisotopic (exact) mass is 605 g/mol. The van der Waals surface area contributed by atoms with Gasteiger partial charge in [0.15, 0.2) is 0 Å². The summed E-state index contributed by atoms with van der Waals surface area (Å²) in [7, 11) is 0. The lowest BCUT2D eigenvalue weighted by atomic mass is 9.82. The predicted octanol–water partition coefficient (Wildman–Crippen LogP) is 6.94. The Morgan fingerprint density at radius 1 is 0.857 bits per heavy atom. The van der Waals surface area contributed by atoms with Crippen LogP contribution in [0.3, 0.4) is 0 Å². The summed E-state index contributed by atoms with van der Waals surface area (Å²) in [5, 5.41) is 22.5. The number of carbonyl (C=O) groups is 1. The standard InChI is InChI=1S/C34H33Cl2NO5/c35-30-10-7-28(8-11-30)34(40,16-17-37-18-21-41-22-19-37)29-9-14-32(36)27(23-29)15-20-42-31-12-5-25(6-13-31)24-1-3-26(4-2-24)33(38)39/h1-14,23,40H,15-22H2,(H,38,39)/t34-/m0/s1. The Morgan fingerprint density at radius 3 is 2.12 bits per heavy atom. The van der Waals surface area contributed by atoms with Crippen molar-refractivity contribution in [1.82, 2.24) is 4.90 Å². The van der Waals surface area contributed by atoms with Crippen molar-refractivity contribution >= 4 is 29.2 Å². The van der Waals surface area contributed by atoms with Crippen molar-refractivity contribution in [3.8, 4) is 16.9 Å². The summed E-state index contributed by atoms with van der Waals surface area (Å²) in [5.41, 5.74) is 3.37. The molecule has 1 heterocycles. The van der Waals surface area contributed by atoms with Crippen molar-refractivity contribution in [2.45, 2.75) is 18.4 Å². The van der Waals surface area contributed by atoms with E-state index in [-0.39, 0.29) is 5.56 Å². The molecule has 1 aliphatic heterocycles. The second kappa shape index (κ2) is 13.7. The number of nitrogens with zero attached hydrogens (tertiary/aromatic N) is 1. The summed E-state index contributed by atoms with van der Waals surface area (Å²) >= 11 is 12.8. The summed E-state index contributed by atoms with van der Waals surface area (Å²) in [6.07, 6.45) is 1.07. The van der Waals surface area contributed by atoms with Gasteiger partial charge in [-0.05, 0) is 76.7 Å². The van der Waals surface area contributed by atoms with Crippen molar-refractivity contribution < 1.29 is 24.5 Å². The van der Waals surface area contributed by atoms with Gasteiger partial charge in [-0.25, -0.2) is 4.79 Å². The molecule has 218 valence electrons. The van der Waals surface area contributed by atoms with E-state index in [1.807, 2.05) is 54.6 Å². The topological polar surface area (TPSA) is 79.2 Å². The first-order valence-corrected chi connectivity index (χ1v) is 14.7. The van der Waals surface area contributed by atoms with Crippen molar-refractivity contribution in [3.63, 3.8) is 0 Å². The zero-order valence-corrected chi connectivity index (χ0v) is 24.7. The number of carboxylic acid groups (broad SMARTS) is 1. The summed E-state index contributed by atoms with van der Waals surface area (Å²) in [4.78, 5) is 13.4. The molecule has 0 amide bonds. The van der Waals surface area contributed by atoms with Crippen LogP contribution in [0, 0.1) is 0 Å². The van der Waals surface area contributed by atoms with Gasteiger partial charge in [-0.3, -0.25) is 4.90 Å². The van der Waals surface area contributed by atoms with Gasteiger partial charge >= 0.3 is 5.97 Å². The number of rotatable bonds is 11. The van der Waals surface area contributed by atoms with Gasteiger partial charge in [0.2, 0.25) is 0 Å². The Bertz CT molecular complexity index is 1490. The van der Waals surface area contributed by atoms with Gasteiger partial charge in [-0.1, -0.05) is 71.7 Å². The molecule has 0 unspecified atom stereocenters. The fourth-order valence-corrected chi connectivity index (χ4v) is 5.51. The van der Waals surface area contributed by atoms with Crippen LogP contribution in [0.2, 0.25) is 10.0 Å². The molecule has 1 aliphatic rings. The van der Waals surface area contributed by atoms with E-state index in [0.717, 1.165) is 53.2 Å². The van der Waals surface area contributed by atoms with Crippen LogP contribution >= 0.6 is 23.2 Å². The lowest BCUT2D eigenvalue weighted by Gasteiger charge is -2.34. The molecule has 4 aromatic rings. The van der Waals surface area contributed by atoms with Crippen LogP contribution in [-0.2, 0) is 16.8 Å². The maximum Gasteiger partial charge on any atom is 0.335 e. The van der Waals surface area contributed by atoms with Crippen LogP contribution < -0.4 is 4.74 Å². The van der Waals surface area contributed by atoms with Gasteiger partial charge in [-0.2, -0.15) is 0 Å². The molecule has 2 N–H and O–H groups in total. The SMILES string of the molecule is O=C(O)c1ccc(-c2ccc(OCCc3cc([C@](O)(CCN4CCOCC4)c4ccc(Cl)cc4)ccc3Cl)cc2)cc1.